The van der Waals surface area contributed by atoms with Crippen LogP contribution in [0.4, 0.5) is 0 Å². The zero-order valence-corrected chi connectivity index (χ0v) is 19.1. The number of carbonyl (C=O) groups excluding carboxylic acids is 1. The molecule has 0 rings (SSSR count). The summed E-state index contributed by atoms with van der Waals surface area (Å²) in [6.07, 6.45) is 19.7. The fourth-order valence-corrected chi connectivity index (χ4v) is 2.59. The molecule has 0 saturated heterocycles. The Kier molecular flexibility index (Phi) is 16.6. The number of esters is 1. The summed E-state index contributed by atoms with van der Waals surface area (Å²) in [7, 11) is 0. The first-order chi connectivity index (χ1) is 11.0. The molecule has 0 amide bonds. The summed E-state index contributed by atoms with van der Waals surface area (Å²) in [5.41, 5.74) is 0. The summed E-state index contributed by atoms with van der Waals surface area (Å²) >= 11 is 9.43. The molecular weight excluding hydrogens is 488 g/mol. The Labute approximate surface area is 167 Å². The lowest BCUT2D eigenvalue weighted by Crippen LogP contribution is -2.20. The lowest BCUT2D eigenvalue weighted by Gasteiger charge is -2.11. The van der Waals surface area contributed by atoms with Crippen molar-refractivity contribution in [3.8, 4) is 0 Å². The van der Waals surface area contributed by atoms with Gasteiger partial charge in [-0.05, 0) is 79.9 Å². The highest BCUT2D eigenvalue weighted by molar-refractivity contribution is 9.40. The summed E-state index contributed by atoms with van der Waals surface area (Å²) in [4.78, 5) is 11.4. The second-order valence-electron chi connectivity index (χ2n) is 5.86. The van der Waals surface area contributed by atoms with E-state index in [-0.39, 0.29) is 5.97 Å². The van der Waals surface area contributed by atoms with E-state index >= 15 is 0 Å². The molecule has 0 aliphatic heterocycles. The molecule has 0 saturated carbocycles. The van der Waals surface area contributed by atoms with Crippen LogP contribution in [0.1, 0.15) is 84.0 Å². The molecule has 0 N–H and O–H groups in total. The van der Waals surface area contributed by atoms with Crippen LogP contribution in [-0.4, -0.2) is 14.7 Å². The Hall–Kier alpha value is 0.650. The molecule has 0 heterocycles. The van der Waals surface area contributed by atoms with Crippen LogP contribution < -0.4 is 0 Å². The maximum absolute atomic E-state index is 11.4. The van der Waals surface area contributed by atoms with Crippen LogP contribution >= 0.6 is 47.8 Å². The predicted octanol–water partition coefficient (Wildman–Crippen LogP) is 7.63. The van der Waals surface area contributed by atoms with E-state index in [1.54, 1.807) is 0 Å². The molecule has 0 aromatic heterocycles. The Bertz CT molecular complexity index is 312. The van der Waals surface area contributed by atoms with Gasteiger partial charge in [-0.3, -0.25) is 0 Å². The number of allylic oxidation sites excluding steroid dienone is 2. The average Bonchev–Trinajstić information content (AvgIpc) is 2.50. The number of unbranched alkanes of at least 4 members (excludes halogenated alkanes) is 10. The number of hydrogen-bond acceptors (Lipinski definition) is 2. The molecule has 0 radical (unpaired) electrons. The lowest BCUT2D eigenvalue weighted by atomic mass is 10.1. The third-order valence-electron chi connectivity index (χ3n) is 3.62. The number of hydrogen-bond donors (Lipinski definition) is 0. The molecule has 0 aliphatic rings. The minimum absolute atomic E-state index is 0.334. The van der Waals surface area contributed by atoms with Gasteiger partial charge in [-0.1, -0.05) is 64.0 Å². The van der Waals surface area contributed by atoms with Gasteiger partial charge in [0.15, 0.2) is 0 Å². The molecule has 2 nitrogen and oxygen atoms in total. The third kappa shape index (κ3) is 17.3. The Morgan fingerprint density at radius 3 is 1.83 bits per heavy atom. The maximum Gasteiger partial charge on any atom is 0.344 e. The van der Waals surface area contributed by atoms with E-state index in [1.807, 2.05) is 0 Å². The molecule has 0 bridgehead atoms. The van der Waals surface area contributed by atoms with Crippen molar-refractivity contribution in [3.05, 3.63) is 12.2 Å². The summed E-state index contributed by atoms with van der Waals surface area (Å²) in [5, 5.41) is 0. The average molecular weight is 519 g/mol. The smallest absolute Gasteiger partial charge is 0.344 e. The van der Waals surface area contributed by atoms with Crippen molar-refractivity contribution in [2.24, 2.45) is 0 Å². The number of halogens is 3. The molecule has 5 heteroatoms. The van der Waals surface area contributed by atoms with E-state index < -0.39 is 2.14 Å². The van der Waals surface area contributed by atoms with E-state index in [0.29, 0.717) is 6.61 Å². The summed E-state index contributed by atoms with van der Waals surface area (Å²) < 4.78 is 4.19. The van der Waals surface area contributed by atoms with Gasteiger partial charge in [0.25, 0.3) is 0 Å². The molecule has 0 fully saturated rings. The molecule has 136 valence electrons. The predicted molar refractivity (Wildman–Crippen MR) is 111 cm³/mol. The zero-order valence-electron chi connectivity index (χ0n) is 14.3. The molecule has 23 heavy (non-hydrogen) atoms. The van der Waals surface area contributed by atoms with Crippen LogP contribution in [0.3, 0.4) is 0 Å². The number of carbonyl (C=O) groups is 1. The van der Waals surface area contributed by atoms with Gasteiger partial charge in [-0.2, -0.15) is 0 Å². The van der Waals surface area contributed by atoms with Gasteiger partial charge in [-0.25, -0.2) is 4.79 Å². The van der Waals surface area contributed by atoms with Crippen LogP contribution in [0.2, 0.25) is 0 Å². The van der Waals surface area contributed by atoms with Gasteiger partial charge in [0.1, 0.15) is 0 Å². The molecule has 0 unspecified atom stereocenters. The highest BCUT2D eigenvalue weighted by Gasteiger charge is 2.30. The first-order valence-corrected chi connectivity index (χ1v) is 11.2. The van der Waals surface area contributed by atoms with Crippen molar-refractivity contribution >= 4 is 53.8 Å². The van der Waals surface area contributed by atoms with Gasteiger partial charge in [-0.15, -0.1) is 0 Å². The minimum atomic E-state index is -0.934. The largest absolute Gasteiger partial charge is 0.463 e. The second-order valence-corrected chi connectivity index (χ2v) is 12.6. The van der Waals surface area contributed by atoms with Gasteiger partial charge in [0.2, 0.25) is 2.14 Å². The summed E-state index contributed by atoms with van der Waals surface area (Å²) in [6.45, 7) is 2.74. The SMILES string of the molecule is CCCCCCC=CCCCCCCCCOC(=O)C(Br)(Br)Br. The van der Waals surface area contributed by atoms with Crippen LogP contribution in [0, 0.1) is 0 Å². The number of rotatable bonds is 14. The van der Waals surface area contributed by atoms with E-state index in [4.69, 9.17) is 4.74 Å². The number of alkyl halides is 3. The molecule has 0 aromatic carbocycles. The van der Waals surface area contributed by atoms with E-state index in [1.165, 1.54) is 64.2 Å². The van der Waals surface area contributed by atoms with Gasteiger partial charge in [0, 0.05) is 0 Å². The Balaban J connectivity index is 3.22. The second kappa shape index (κ2) is 16.1. The van der Waals surface area contributed by atoms with Gasteiger partial charge >= 0.3 is 5.97 Å². The molecule has 0 aromatic rings. The van der Waals surface area contributed by atoms with Crippen LogP contribution in [0.5, 0.6) is 0 Å². The van der Waals surface area contributed by atoms with Crippen LogP contribution in [0.15, 0.2) is 12.2 Å². The molecule has 0 aliphatic carbocycles. The van der Waals surface area contributed by atoms with Crippen LogP contribution in [0.25, 0.3) is 0 Å². The van der Waals surface area contributed by atoms with E-state index in [0.717, 1.165) is 12.8 Å². The quantitative estimate of drug-likeness (QED) is 0.102. The highest BCUT2D eigenvalue weighted by atomic mass is 80.0. The molecule has 0 atom stereocenters. The Morgan fingerprint density at radius 2 is 1.30 bits per heavy atom. The molecular formula is C18H31Br3O2. The molecule has 0 spiro atoms. The first-order valence-electron chi connectivity index (χ1n) is 8.87. The maximum atomic E-state index is 11.4. The highest BCUT2D eigenvalue weighted by Crippen LogP contribution is 2.34. The van der Waals surface area contributed by atoms with E-state index in [9.17, 15) is 4.79 Å². The standard InChI is InChI=1S/C18H31Br3O2/c1-2-3-4-5-6-7-8-9-10-11-12-13-14-15-16-23-17(22)18(19,20)21/h7-8H,2-6,9-16H2,1H3. The fourth-order valence-electron chi connectivity index (χ4n) is 2.24. The summed E-state index contributed by atoms with van der Waals surface area (Å²) in [5.74, 6) is -0.334. The van der Waals surface area contributed by atoms with Crippen molar-refractivity contribution in [1.82, 2.24) is 0 Å². The normalized spacial score (nSPS) is 12.0. The fraction of sp³-hybridized carbons (Fsp3) is 0.833. The third-order valence-corrected chi connectivity index (χ3v) is 4.59. The van der Waals surface area contributed by atoms with Gasteiger partial charge < -0.3 is 4.74 Å². The Morgan fingerprint density at radius 1 is 0.826 bits per heavy atom. The summed E-state index contributed by atoms with van der Waals surface area (Å²) in [6, 6.07) is 0. The van der Waals surface area contributed by atoms with Gasteiger partial charge in [0.05, 0.1) is 6.61 Å². The van der Waals surface area contributed by atoms with Crippen molar-refractivity contribution in [2.75, 3.05) is 6.61 Å². The zero-order chi connectivity index (χ0) is 17.4. The van der Waals surface area contributed by atoms with E-state index in [2.05, 4.69) is 66.9 Å². The van der Waals surface area contributed by atoms with Crippen molar-refractivity contribution in [2.45, 2.75) is 86.1 Å². The minimum Gasteiger partial charge on any atom is -0.463 e. The van der Waals surface area contributed by atoms with Crippen molar-refractivity contribution in [1.29, 1.82) is 0 Å². The first kappa shape index (κ1) is 23.6. The van der Waals surface area contributed by atoms with Crippen molar-refractivity contribution in [3.63, 3.8) is 0 Å². The monoisotopic (exact) mass is 516 g/mol. The number of ether oxygens (including phenoxy) is 1. The topological polar surface area (TPSA) is 26.3 Å². The van der Waals surface area contributed by atoms with Crippen LogP contribution in [-0.2, 0) is 9.53 Å². The lowest BCUT2D eigenvalue weighted by molar-refractivity contribution is -0.141. The van der Waals surface area contributed by atoms with Crippen molar-refractivity contribution < 1.29 is 9.53 Å².